The SMILES string of the molecule is CCSC(=O)[C@@H](COC)NC(=O)OCc1ccccc1. The van der Waals surface area contributed by atoms with Gasteiger partial charge < -0.3 is 14.8 Å². The number of methoxy groups -OCH3 is 1. The smallest absolute Gasteiger partial charge is 0.408 e. The van der Waals surface area contributed by atoms with E-state index in [0.29, 0.717) is 5.75 Å². The van der Waals surface area contributed by atoms with Crippen LogP contribution < -0.4 is 5.32 Å². The fourth-order valence-electron chi connectivity index (χ4n) is 1.49. The summed E-state index contributed by atoms with van der Waals surface area (Å²) in [5.74, 6) is 0.653. The molecule has 1 aromatic carbocycles. The summed E-state index contributed by atoms with van der Waals surface area (Å²) in [6.45, 7) is 2.17. The Balaban J connectivity index is 2.43. The molecule has 20 heavy (non-hydrogen) atoms. The van der Waals surface area contributed by atoms with E-state index in [9.17, 15) is 9.59 Å². The molecular weight excluding hydrogens is 278 g/mol. The molecule has 0 saturated heterocycles. The van der Waals surface area contributed by atoms with E-state index in [1.165, 1.54) is 7.11 Å². The molecule has 1 amide bonds. The van der Waals surface area contributed by atoms with Crippen molar-refractivity contribution in [1.82, 2.24) is 5.32 Å². The van der Waals surface area contributed by atoms with Crippen molar-refractivity contribution in [3.05, 3.63) is 35.9 Å². The summed E-state index contributed by atoms with van der Waals surface area (Å²) in [5.41, 5.74) is 0.889. The molecule has 0 radical (unpaired) electrons. The number of nitrogens with one attached hydrogen (secondary N) is 1. The molecule has 0 bridgehead atoms. The predicted molar refractivity (Wildman–Crippen MR) is 78.6 cm³/mol. The van der Waals surface area contributed by atoms with Crippen molar-refractivity contribution in [3.8, 4) is 0 Å². The summed E-state index contributed by atoms with van der Waals surface area (Å²) in [5, 5.41) is 2.38. The van der Waals surface area contributed by atoms with Crippen LogP contribution in [0.25, 0.3) is 0 Å². The number of alkyl carbamates (subject to hydrolysis) is 1. The van der Waals surface area contributed by atoms with Crippen molar-refractivity contribution in [2.24, 2.45) is 0 Å². The molecule has 0 unspecified atom stereocenters. The van der Waals surface area contributed by atoms with Crippen LogP contribution in [0.3, 0.4) is 0 Å². The van der Waals surface area contributed by atoms with Crippen LogP contribution in [0.2, 0.25) is 0 Å². The van der Waals surface area contributed by atoms with Gasteiger partial charge in [-0.1, -0.05) is 49.0 Å². The summed E-state index contributed by atoms with van der Waals surface area (Å²) in [6.07, 6.45) is -0.624. The molecular formula is C14H19NO4S. The van der Waals surface area contributed by atoms with Gasteiger partial charge in [0.1, 0.15) is 12.6 Å². The second-order valence-corrected chi connectivity index (χ2v) is 5.23. The molecule has 1 rings (SSSR count). The molecule has 0 fully saturated rings. The molecule has 0 aromatic heterocycles. The quantitative estimate of drug-likeness (QED) is 0.836. The van der Waals surface area contributed by atoms with Gasteiger partial charge in [0.05, 0.1) is 6.61 Å². The molecule has 6 heteroatoms. The van der Waals surface area contributed by atoms with E-state index in [1.807, 2.05) is 37.3 Å². The van der Waals surface area contributed by atoms with Crippen LogP contribution in [-0.4, -0.2) is 36.7 Å². The van der Waals surface area contributed by atoms with Gasteiger partial charge in [-0.05, 0) is 11.3 Å². The predicted octanol–water partition coefficient (Wildman–Crippen LogP) is 2.21. The Bertz CT molecular complexity index is 424. The third-order valence-corrected chi connectivity index (χ3v) is 3.27. The second kappa shape index (κ2) is 9.39. The molecule has 0 saturated carbocycles. The summed E-state index contributed by atoms with van der Waals surface area (Å²) >= 11 is 1.15. The summed E-state index contributed by atoms with van der Waals surface area (Å²) in [7, 11) is 1.48. The highest BCUT2D eigenvalue weighted by atomic mass is 32.2. The number of thioether (sulfide) groups is 1. The maximum atomic E-state index is 11.8. The number of hydrogen-bond acceptors (Lipinski definition) is 5. The molecule has 1 aromatic rings. The zero-order valence-corrected chi connectivity index (χ0v) is 12.4. The minimum Gasteiger partial charge on any atom is -0.445 e. The number of amides is 1. The first-order valence-corrected chi connectivity index (χ1v) is 7.28. The fourth-order valence-corrected chi connectivity index (χ4v) is 2.10. The number of carbonyl (C=O) groups is 2. The standard InChI is InChI=1S/C14H19NO4S/c1-3-20-13(16)12(10-18-2)15-14(17)19-9-11-7-5-4-6-8-11/h4-8,12H,3,9-10H2,1-2H3,(H,15,17)/t12-/m1/s1. The van der Waals surface area contributed by atoms with E-state index < -0.39 is 12.1 Å². The molecule has 5 nitrogen and oxygen atoms in total. The van der Waals surface area contributed by atoms with Crippen molar-refractivity contribution >= 4 is 23.0 Å². The minimum atomic E-state index is -0.687. The lowest BCUT2D eigenvalue weighted by atomic mass is 10.2. The number of ether oxygens (including phenoxy) is 2. The van der Waals surface area contributed by atoms with Gasteiger partial charge in [-0.3, -0.25) is 4.79 Å². The Morgan fingerprint density at radius 1 is 1.30 bits per heavy atom. The maximum absolute atomic E-state index is 11.8. The van der Waals surface area contributed by atoms with Crippen LogP contribution in [0.1, 0.15) is 12.5 Å². The molecule has 1 N–H and O–H groups in total. The Hall–Kier alpha value is -1.53. The van der Waals surface area contributed by atoms with Gasteiger partial charge in [0, 0.05) is 7.11 Å². The van der Waals surface area contributed by atoms with Crippen molar-refractivity contribution in [2.75, 3.05) is 19.5 Å². The topological polar surface area (TPSA) is 64.6 Å². The Kier molecular flexibility index (Phi) is 7.75. The fraction of sp³-hybridized carbons (Fsp3) is 0.429. The van der Waals surface area contributed by atoms with E-state index in [2.05, 4.69) is 5.32 Å². The summed E-state index contributed by atoms with van der Waals surface area (Å²) in [4.78, 5) is 23.4. The largest absolute Gasteiger partial charge is 0.445 e. The molecule has 0 spiro atoms. The van der Waals surface area contributed by atoms with Crippen molar-refractivity contribution in [3.63, 3.8) is 0 Å². The molecule has 0 aliphatic rings. The summed E-state index contributed by atoms with van der Waals surface area (Å²) < 4.78 is 10.00. The number of benzene rings is 1. The lowest BCUT2D eigenvalue weighted by Crippen LogP contribution is -2.43. The first kappa shape index (κ1) is 16.5. The minimum absolute atomic E-state index is 0.131. The van der Waals surface area contributed by atoms with Gasteiger partial charge in [0.25, 0.3) is 0 Å². The molecule has 0 heterocycles. The van der Waals surface area contributed by atoms with Gasteiger partial charge in [-0.15, -0.1) is 0 Å². The van der Waals surface area contributed by atoms with Crippen LogP contribution in [0.15, 0.2) is 30.3 Å². The van der Waals surface area contributed by atoms with Gasteiger partial charge in [0.15, 0.2) is 0 Å². The Morgan fingerprint density at radius 3 is 2.60 bits per heavy atom. The van der Waals surface area contributed by atoms with Crippen molar-refractivity contribution in [1.29, 1.82) is 0 Å². The third kappa shape index (κ3) is 6.08. The highest BCUT2D eigenvalue weighted by Gasteiger charge is 2.21. The van der Waals surface area contributed by atoms with E-state index in [1.54, 1.807) is 0 Å². The number of hydrogen-bond donors (Lipinski definition) is 1. The molecule has 0 aliphatic heterocycles. The van der Waals surface area contributed by atoms with Crippen LogP contribution in [-0.2, 0) is 20.9 Å². The van der Waals surface area contributed by atoms with Gasteiger partial charge in [-0.2, -0.15) is 0 Å². The third-order valence-electron chi connectivity index (χ3n) is 2.41. The normalized spacial score (nSPS) is 11.7. The first-order valence-electron chi connectivity index (χ1n) is 6.30. The van der Waals surface area contributed by atoms with Crippen LogP contribution in [0.5, 0.6) is 0 Å². The summed E-state index contributed by atoms with van der Waals surface area (Å²) in [6, 6.07) is 8.65. The van der Waals surface area contributed by atoms with Crippen molar-refractivity contribution < 1.29 is 19.1 Å². The van der Waals surface area contributed by atoms with E-state index in [4.69, 9.17) is 9.47 Å². The highest BCUT2D eigenvalue weighted by Crippen LogP contribution is 2.06. The molecule has 1 atom stereocenters. The average molecular weight is 297 g/mol. The van der Waals surface area contributed by atoms with Crippen LogP contribution in [0, 0.1) is 0 Å². The van der Waals surface area contributed by atoms with E-state index in [-0.39, 0.29) is 18.3 Å². The zero-order valence-electron chi connectivity index (χ0n) is 11.6. The van der Waals surface area contributed by atoms with Gasteiger partial charge in [0.2, 0.25) is 5.12 Å². The molecule has 110 valence electrons. The monoisotopic (exact) mass is 297 g/mol. The molecule has 0 aliphatic carbocycles. The maximum Gasteiger partial charge on any atom is 0.408 e. The Morgan fingerprint density at radius 2 is 2.00 bits per heavy atom. The van der Waals surface area contributed by atoms with E-state index in [0.717, 1.165) is 17.3 Å². The van der Waals surface area contributed by atoms with E-state index >= 15 is 0 Å². The second-order valence-electron chi connectivity index (χ2n) is 3.97. The zero-order chi connectivity index (χ0) is 14.8. The lowest BCUT2D eigenvalue weighted by Gasteiger charge is -2.16. The van der Waals surface area contributed by atoms with Crippen molar-refractivity contribution in [2.45, 2.75) is 19.6 Å². The average Bonchev–Trinajstić information content (AvgIpc) is 2.46. The van der Waals surface area contributed by atoms with Gasteiger partial charge >= 0.3 is 6.09 Å². The first-order chi connectivity index (χ1) is 9.67. The van der Waals surface area contributed by atoms with Crippen LogP contribution in [0.4, 0.5) is 4.79 Å². The van der Waals surface area contributed by atoms with Gasteiger partial charge in [-0.25, -0.2) is 4.79 Å². The number of carbonyl (C=O) groups excluding carboxylic acids is 2. The van der Waals surface area contributed by atoms with Crippen LogP contribution >= 0.6 is 11.8 Å². The Labute approximate surface area is 123 Å². The highest BCUT2D eigenvalue weighted by molar-refractivity contribution is 8.13. The number of rotatable bonds is 7. The lowest BCUT2D eigenvalue weighted by molar-refractivity contribution is -0.113.